The van der Waals surface area contributed by atoms with E-state index in [0.717, 1.165) is 37.5 Å². The molecule has 0 radical (unpaired) electrons. The van der Waals surface area contributed by atoms with Crippen LogP contribution in [-0.4, -0.2) is 0 Å². The third kappa shape index (κ3) is 4.23. The Hall–Kier alpha value is -1.69. The van der Waals surface area contributed by atoms with E-state index in [1.54, 1.807) is 18.2 Å². The van der Waals surface area contributed by atoms with Gasteiger partial charge in [0.15, 0.2) is 5.83 Å². The average Bonchev–Trinajstić information content (AvgIpc) is 2.63. The maximum Gasteiger partial charge on any atom is 0.196 e. The Kier molecular flexibility index (Phi) is 5.66. The molecule has 1 aromatic rings. The van der Waals surface area contributed by atoms with Gasteiger partial charge in [-0.3, -0.25) is 0 Å². The van der Waals surface area contributed by atoms with Crippen LogP contribution in [0.15, 0.2) is 36.2 Å². The van der Waals surface area contributed by atoms with Crippen molar-refractivity contribution in [1.82, 2.24) is 0 Å². The zero-order valence-corrected chi connectivity index (χ0v) is 14.1. The van der Waals surface area contributed by atoms with E-state index >= 15 is 0 Å². The van der Waals surface area contributed by atoms with Gasteiger partial charge in [0.05, 0.1) is 0 Å². The molecule has 0 aliphatic heterocycles. The van der Waals surface area contributed by atoms with Gasteiger partial charge in [-0.25, -0.2) is 4.39 Å². The molecule has 0 atom stereocenters. The zero-order valence-electron chi connectivity index (χ0n) is 14.1. The highest BCUT2D eigenvalue weighted by molar-refractivity contribution is 5.21. The summed E-state index contributed by atoms with van der Waals surface area (Å²) in [6, 6.07) is 8.58. The Labute approximate surface area is 143 Å². The first-order valence-corrected chi connectivity index (χ1v) is 9.18. The topological polar surface area (TPSA) is 23.8 Å². The van der Waals surface area contributed by atoms with Gasteiger partial charge in [-0.1, -0.05) is 12.1 Å². The van der Waals surface area contributed by atoms with Crippen LogP contribution in [0.3, 0.4) is 0 Å². The largest absolute Gasteiger partial charge is 0.207 e. The summed E-state index contributed by atoms with van der Waals surface area (Å²) in [6.07, 6.45) is 10.7. The molecule has 128 valence electrons. The molecule has 0 spiro atoms. The Morgan fingerprint density at radius 1 is 0.917 bits per heavy atom. The van der Waals surface area contributed by atoms with E-state index in [0.29, 0.717) is 5.92 Å². The lowest BCUT2D eigenvalue weighted by molar-refractivity contribution is 0.171. The minimum absolute atomic E-state index is 0.161. The highest BCUT2D eigenvalue weighted by Crippen LogP contribution is 2.44. The summed E-state index contributed by atoms with van der Waals surface area (Å²) in [5, 5.41) is 8.54. The molecule has 3 rings (SSSR count). The Morgan fingerprint density at radius 2 is 1.46 bits per heavy atom. The summed E-state index contributed by atoms with van der Waals surface area (Å²) in [4.78, 5) is 0. The second-order valence-corrected chi connectivity index (χ2v) is 7.46. The summed E-state index contributed by atoms with van der Waals surface area (Å²) < 4.78 is 26.1. The minimum atomic E-state index is -0.627. The van der Waals surface area contributed by atoms with Crippen molar-refractivity contribution in [3.05, 3.63) is 47.5 Å². The lowest BCUT2D eigenvalue weighted by Crippen LogP contribution is -2.25. The molecule has 0 saturated heterocycles. The monoisotopic (exact) mass is 329 g/mol. The van der Waals surface area contributed by atoms with Crippen LogP contribution in [-0.2, 0) is 0 Å². The van der Waals surface area contributed by atoms with E-state index in [1.807, 2.05) is 12.1 Å². The van der Waals surface area contributed by atoms with Gasteiger partial charge in [0.1, 0.15) is 11.9 Å². The van der Waals surface area contributed by atoms with Gasteiger partial charge in [-0.2, -0.15) is 9.65 Å². The number of nitriles is 1. The molecule has 24 heavy (non-hydrogen) atoms. The molecule has 0 amide bonds. The molecule has 0 unspecified atom stereocenters. The van der Waals surface area contributed by atoms with Crippen LogP contribution >= 0.6 is 0 Å². The maximum absolute atomic E-state index is 13.1. The quantitative estimate of drug-likeness (QED) is 0.598. The van der Waals surface area contributed by atoms with Crippen LogP contribution in [0.1, 0.15) is 62.8 Å². The summed E-state index contributed by atoms with van der Waals surface area (Å²) in [7, 11) is 0. The van der Waals surface area contributed by atoms with Crippen LogP contribution in [0.2, 0.25) is 0 Å². The van der Waals surface area contributed by atoms with Gasteiger partial charge in [0.2, 0.25) is 0 Å². The van der Waals surface area contributed by atoms with Crippen molar-refractivity contribution in [2.75, 3.05) is 0 Å². The van der Waals surface area contributed by atoms with E-state index in [9.17, 15) is 8.78 Å². The van der Waals surface area contributed by atoms with Gasteiger partial charge in [0.25, 0.3) is 0 Å². The number of rotatable bonds is 3. The Bertz CT molecular complexity index is 598. The van der Waals surface area contributed by atoms with Crippen molar-refractivity contribution in [2.24, 2.45) is 17.8 Å². The lowest BCUT2D eigenvalue weighted by atomic mass is 9.68. The molecule has 1 nitrogen and oxygen atoms in total. The van der Waals surface area contributed by atoms with E-state index in [4.69, 9.17) is 5.26 Å². The predicted molar refractivity (Wildman–Crippen MR) is 91.4 cm³/mol. The molecular formula is C21H25F2N. The Balaban J connectivity index is 1.48. The zero-order chi connectivity index (χ0) is 16.9. The highest BCUT2D eigenvalue weighted by atomic mass is 19.1. The van der Waals surface area contributed by atoms with E-state index in [1.165, 1.54) is 37.3 Å². The molecule has 1 aromatic carbocycles. The third-order valence-electron chi connectivity index (χ3n) is 6.09. The first-order valence-electron chi connectivity index (χ1n) is 9.18. The van der Waals surface area contributed by atoms with Gasteiger partial charge < -0.3 is 0 Å². The molecular weight excluding hydrogens is 304 g/mol. The van der Waals surface area contributed by atoms with Crippen molar-refractivity contribution >= 4 is 0 Å². The number of nitrogens with zero attached hydrogens (tertiary/aromatic N) is 1. The van der Waals surface area contributed by atoms with Gasteiger partial charge in [0, 0.05) is 0 Å². The molecule has 2 aliphatic carbocycles. The van der Waals surface area contributed by atoms with E-state index < -0.39 is 5.83 Å². The summed E-state index contributed by atoms with van der Waals surface area (Å²) in [5.74, 6) is 1.58. The number of allylic oxidation sites excluding steroid dienone is 2. The normalized spacial score (nSPS) is 31.5. The molecule has 0 heterocycles. The number of halogens is 2. The van der Waals surface area contributed by atoms with Crippen LogP contribution in [0, 0.1) is 34.9 Å². The molecule has 0 bridgehead atoms. The molecule has 3 heteroatoms. The number of hydrogen-bond donors (Lipinski definition) is 0. The smallest absolute Gasteiger partial charge is 0.196 e. The summed E-state index contributed by atoms with van der Waals surface area (Å²) >= 11 is 0. The molecule has 0 aromatic heterocycles. The second kappa shape index (κ2) is 7.92. The first kappa shape index (κ1) is 17.1. The van der Waals surface area contributed by atoms with E-state index in [-0.39, 0.29) is 11.7 Å². The van der Waals surface area contributed by atoms with Crippen molar-refractivity contribution in [3.63, 3.8) is 0 Å². The van der Waals surface area contributed by atoms with Crippen LogP contribution < -0.4 is 0 Å². The van der Waals surface area contributed by atoms with Crippen molar-refractivity contribution in [1.29, 1.82) is 5.26 Å². The van der Waals surface area contributed by atoms with Crippen molar-refractivity contribution in [3.8, 4) is 6.07 Å². The fourth-order valence-electron chi connectivity index (χ4n) is 4.69. The highest BCUT2D eigenvalue weighted by Gasteiger charge is 2.31. The molecule has 0 N–H and O–H groups in total. The minimum Gasteiger partial charge on any atom is -0.207 e. The average molecular weight is 329 g/mol. The fraction of sp³-hybridized carbons (Fsp3) is 0.571. The van der Waals surface area contributed by atoms with Crippen LogP contribution in [0.5, 0.6) is 0 Å². The Morgan fingerprint density at radius 3 is 2.00 bits per heavy atom. The summed E-state index contributed by atoms with van der Waals surface area (Å²) in [5.41, 5.74) is 1.27. The SMILES string of the molecule is N#C/C(F)=C/C1CCC([C@H]2CC[C@H](c3ccc(F)cc3)CC2)CC1. The van der Waals surface area contributed by atoms with Gasteiger partial charge >= 0.3 is 0 Å². The number of benzene rings is 1. The van der Waals surface area contributed by atoms with Gasteiger partial charge in [-0.05, 0) is 98.8 Å². The third-order valence-corrected chi connectivity index (χ3v) is 6.09. The standard InChI is InChI=1S/C21H25F2N/c22-20-11-9-19(10-12-20)18-7-5-17(6-8-18)16-3-1-15(2-4-16)13-21(23)14-24/h9-13,15-18H,1-8H2/b21-13-/t15?,16?,17-,18-. The van der Waals surface area contributed by atoms with Crippen LogP contribution in [0.25, 0.3) is 0 Å². The fourth-order valence-corrected chi connectivity index (χ4v) is 4.69. The maximum atomic E-state index is 13.1. The molecule has 2 fully saturated rings. The lowest BCUT2D eigenvalue weighted by Gasteiger charge is -2.37. The second-order valence-electron chi connectivity index (χ2n) is 7.46. The van der Waals surface area contributed by atoms with Gasteiger partial charge in [-0.15, -0.1) is 0 Å². The van der Waals surface area contributed by atoms with Crippen LogP contribution in [0.4, 0.5) is 8.78 Å². The molecule has 2 saturated carbocycles. The number of hydrogen-bond acceptors (Lipinski definition) is 1. The van der Waals surface area contributed by atoms with E-state index in [2.05, 4.69) is 0 Å². The van der Waals surface area contributed by atoms with Crippen molar-refractivity contribution < 1.29 is 8.78 Å². The first-order chi connectivity index (χ1) is 11.7. The van der Waals surface area contributed by atoms with Crippen molar-refractivity contribution in [2.45, 2.75) is 57.3 Å². The molecule has 2 aliphatic rings. The predicted octanol–water partition coefficient (Wildman–Crippen LogP) is 6.28. The summed E-state index contributed by atoms with van der Waals surface area (Å²) in [6.45, 7) is 0.